The van der Waals surface area contributed by atoms with E-state index in [9.17, 15) is 5.11 Å². The van der Waals surface area contributed by atoms with Crippen LogP contribution in [0, 0.1) is 0 Å². The van der Waals surface area contributed by atoms with E-state index in [1.807, 2.05) is 43.5 Å². The van der Waals surface area contributed by atoms with Crippen molar-refractivity contribution >= 4 is 11.3 Å². The first-order valence-electron chi connectivity index (χ1n) is 5.98. The maximum absolute atomic E-state index is 10.2. The second-order valence-corrected chi connectivity index (χ2v) is 5.36. The van der Waals surface area contributed by atoms with Gasteiger partial charge in [-0.3, -0.25) is 0 Å². The predicted molar refractivity (Wildman–Crippen MR) is 73.0 cm³/mol. The lowest BCUT2D eigenvalue weighted by Gasteiger charge is -2.13. The summed E-state index contributed by atoms with van der Waals surface area (Å²) in [5, 5.41) is 13.0. The average Bonchev–Trinajstić information content (AvgIpc) is 2.81. The molecule has 1 heterocycles. The number of nitrogens with zero attached hydrogens (tertiary/aromatic N) is 1. The minimum Gasteiger partial charge on any atom is -0.491 e. The molecule has 0 saturated heterocycles. The molecule has 0 spiro atoms. The highest BCUT2D eigenvalue weighted by Crippen LogP contribution is 2.23. The van der Waals surface area contributed by atoms with E-state index in [-0.39, 0.29) is 6.10 Å². The standard InChI is InChI=1S/C14H17NO2S/c1-10(2)17-12-5-3-4-11(8-12)13(16)9-14-15-6-7-18-14/h3-8,10,13,16H,9H2,1-2H3. The number of aromatic nitrogens is 1. The number of benzene rings is 1. The Hall–Kier alpha value is -1.39. The van der Waals surface area contributed by atoms with Gasteiger partial charge in [0.1, 0.15) is 5.75 Å². The zero-order valence-electron chi connectivity index (χ0n) is 10.5. The van der Waals surface area contributed by atoms with E-state index in [0.717, 1.165) is 16.3 Å². The monoisotopic (exact) mass is 263 g/mol. The first kappa shape index (κ1) is 13.1. The Morgan fingerprint density at radius 1 is 1.39 bits per heavy atom. The average molecular weight is 263 g/mol. The first-order valence-corrected chi connectivity index (χ1v) is 6.86. The van der Waals surface area contributed by atoms with E-state index in [4.69, 9.17) is 4.74 Å². The van der Waals surface area contributed by atoms with Gasteiger partial charge in [-0.05, 0) is 31.5 Å². The van der Waals surface area contributed by atoms with Gasteiger partial charge in [0.2, 0.25) is 0 Å². The van der Waals surface area contributed by atoms with Gasteiger partial charge in [0, 0.05) is 18.0 Å². The van der Waals surface area contributed by atoms with Crippen LogP contribution in [0.5, 0.6) is 5.75 Å². The van der Waals surface area contributed by atoms with Crippen LogP contribution in [0.3, 0.4) is 0 Å². The summed E-state index contributed by atoms with van der Waals surface area (Å²) < 4.78 is 5.62. The highest BCUT2D eigenvalue weighted by molar-refractivity contribution is 7.09. The van der Waals surface area contributed by atoms with Gasteiger partial charge in [-0.15, -0.1) is 11.3 Å². The fourth-order valence-corrected chi connectivity index (χ4v) is 2.36. The molecule has 2 aromatic rings. The topological polar surface area (TPSA) is 42.4 Å². The van der Waals surface area contributed by atoms with E-state index in [2.05, 4.69) is 4.98 Å². The quantitative estimate of drug-likeness (QED) is 0.900. The molecule has 0 fully saturated rings. The molecule has 18 heavy (non-hydrogen) atoms. The molecule has 0 aliphatic rings. The lowest BCUT2D eigenvalue weighted by molar-refractivity contribution is 0.177. The minimum atomic E-state index is -0.535. The Balaban J connectivity index is 2.07. The fourth-order valence-electron chi connectivity index (χ4n) is 1.70. The highest BCUT2D eigenvalue weighted by atomic mass is 32.1. The van der Waals surface area contributed by atoms with Crippen molar-refractivity contribution in [2.45, 2.75) is 32.5 Å². The molecule has 2 rings (SSSR count). The summed E-state index contributed by atoms with van der Waals surface area (Å²) in [6, 6.07) is 7.60. The van der Waals surface area contributed by atoms with E-state index in [1.54, 1.807) is 17.5 Å². The van der Waals surface area contributed by atoms with Crippen LogP contribution in [0.1, 0.15) is 30.5 Å². The van der Waals surface area contributed by atoms with E-state index < -0.39 is 6.10 Å². The van der Waals surface area contributed by atoms with E-state index in [1.165, 1.54) is 0 Å². The Labute approximate surface area is 111 Å². The number of hydrogen-bond donors (Lipinski definition) is 1. The molecule has 0 aliphatic carbocycles. The fraction of sp³-hybridized carbons (Fsp3) is 0.357. The molecule has 0 bridgehead atoms. The molecule has 1 aromatic heterocycles. The number of aliphatic hydroxyl groups excluding tert-OH is 1. The molecular formula is C14H17NO2S. The molecule has 96 valence electrons. The summed E-state index contributed by atoms with van der Waals surface area (Å²) in [6.45, 7) is 3.97. The molecule has 0 amide bonds. The molecule has 0 aliphatic heterocycles. The van der Waals surface area contributed by atoms with Gasteiger partial charge >= 0.3 is 0 Å². The van der Waals surface area contributed by atoms with Crippen molar-refractivity contribution in [3.63, 3.8) is 0 Å². The minimum absolute atomic E-state index is 0.136. The van der Waals surface area contributed by atoms with Gasteiger partial charge in [0.05, 0.1) is 17.2 Å². The Morgan fingerprint density at radius 2 is 2.22 bits per heavy atom. The second-order valence-electron chi connectivity index (χ2n) is 4.38. The van der Waals surface area contributed by atoms with Crippen molar-refractivity contribution in [3.05, 3.63) is 46.4 Å². The number of aliphatic hydroxyl groups is 1. The van der Waals surface area contributed by atoms with Gasteiger partial charge in [-0.1, -0.05) is 12.1 Å². The maximum atomic E-state index is 10.2. The summed E-state index contributed by atoms with van der Waals surface area (Å²) in [6.07, 6.45) is 1.90. The van der Waals surface area contributed by atoms with Crippen LogP contribution in [-0.2, 0) is 6.42 Å². The van der Waals surface area contributed by atoms with Crippen LogP contribution >= 0.6 is 11.3 Å². The molecule has 0 radical (unpaired) electrons. The Morgan fingerprint density at radius 3 is 2.89 bits per heavy atom. The van der Waals surface area contributed by atoms with Crippen molar-refractivity contribution in [2.75, 3.05) is 0 Å². The van der Waals surface area contributed by atoms with Crippen LogP contribution in [-0.4, -0.2) is 16.2 Å². The largest absolute Gasteiger partial charge is 0.491 e. The molecule has 0 saturated carbocycles. The zero-order valence-corrected chi connectivity index (χ0v) is 11.4. The second kappa shape index (κ2) is 5.98. The summed E-state index contributed by atoms with van der Waals surface area (Å²) >= 11 is 1.56. The van der Waals surface area contributed by atoms with Crippen molar-refractivity contribution in [1.29, 1.82) is 0 Å². The summed E-state index contributed by atoms with van der Waals surface area (Å²) in [5.41, 5.74) is 0.864. The van der Waals surface area contributed by atoms with Gasteiger partial charge < -0.3 is 9.84 Å². The van der Waals surface area contributed by atoms with Gasteiger partial charge in [0.25, 0.3) is 0 Å². The van der Waals surface area contributed by atoms with Crippen molar-refractivity contribution in [1.82, 2.24) is 4.98 Å². The number of hydrogen-bond acceptors (Lipinski definition) is 4. The molecule has 1 N–H and O–H groups in total. The normalized spacial score (nSPS) is 12.7. The van der Waals surface area contributed by atoms with Gasteiger partial charge in [-0.25, -0.2) is 4.98 Å². The third kappa shape index (κ3) is 3.55. The SMILES string of the molecule is CC(C)Oc1cccc(C(O)Cc2nccs2)c1. The zero-order chi connectivity index (χ0) is 13.0. The van der Waals surface area contributed by atoms with E-state index in [0.29, 0.717) is 6.42 Å². The predicted octanol–water partition coefficient (Wildman–Crippen LogP) is 3.21. The van der Waals surface area contributed by atoms with Gasteiger partial charge in [0.15, 0.2) is 0 Å². The summed E-state index contributed by atoms with van der Waals surface area (Å²) in [5.74, 6) is 0.792. The lowest BCUT2D eigenvalue weighted by Crippen LogP contribution is -2.07. The van der Waals surface area contributed by atoms with Gasteiger partial charge in [-0.2, -0.15) is 0 Å². The third-order valence-corrected chi connectivity index (χ3v) is 3.27. The molecular weight excluding hydrogens is 246 g/mol. The van der Waals surface area contributed by atoms with Crippen LogP contribution in [0.4, 0.5) is 0 Å². The third-order valence-electron chi connectivity index (χ3n) is 2.47. The number of thiazole rings is 1. The molecule has 1 atom stereocenters. The number of rotatable bonds is 5. The van der Waals surface area contributed by atoms with Crippen molar-refractivity contribution in [2.24, 2.45) is 0 Å². The smallest absolute Gasteiger partial charge is 0.120 e. The maximum Gasteiger partial charge on any atom is 0.120 e. The van der Waals surface area contributed by atoms with Crippen LogP contribution in [0.25, 0.3) is 0 Å². The molecule has 1 unspecified atom stereocenters. The molecule has 3 nitrogen and oxygen atoms in total. The molecule has 1 aromatic carbocycles. The summed E-state index contributed by atoms with van der Waals surface area (Å²) in [4.78, 5) is 4.18. The Kier molecular flexibility index (Phi) is 4.33. The van der Waals surface area contributed by atoms with Crippen LogP contribution in [0.15, 0.2) is 35.8 Å². The molecule has 4 heteroatoms. The first-order chi connectivity index (χ1) is 8.65. The van der Waals surface area contributed by atoms with Crippen LogP contribution < -0.4 is 4.74 Å². The van der Waals surface area contributed by atoms with E-state index >= 15 is 0 Å². The lowest BCUT2D eigenvalue weighted by atomic mass is 10.1. The van der Waals surface area contributed by atoms with Crippen molar-refractivity contribution in [3.8, 4) is 5.75 Å². The highest BCUT2D eigenvalue weighted by Gasteiger charge is 2.11. The van der Waals surface area contributed by atoms with Crippen molar-refractivity contribution < 1.29 is 9.84 Å². The van der Waals surface area contributed by atoms with Crippen LogP contribution in [0.2, 0.25) is 0 Å². The summed E-state index contributed by atoms with van der Waals surface area (Å²) in [7, 11) is 0. The Bertz CT molecular complexity index is 482. The number of ether oxygens (including phenoxy) is 1.